The van der Waals surface area contributed by atoms with E-state index >= 15 is 0 Å². The van der Waals surface area contributed by atoms with E-state index in [0.717, 1.165) is 15.8 Å². The molecule has 128 valence electrons. The number of carbonyl (C=O) groups excluding carboxylic acids is 1. The molecule has 0 aliphatic heterocycles. The van der Waals surface area contributed by atoms with Gasteiger partial charge in [0.05, 0.1) is 12.1 Å². The normalized spacial score (nSPS) is 10.6. The minimum Gasteiger partial charge on any atom is -0.326 e. The SMILES string of the molecule is Cc1ccc(CSc2nc(CC(=O)Nc3cccc(F)c3)cs2)cc1. The zero-order valence-electron chi connectivity index (χ0n) is 13.7. The molecule has 0 spiro atoms. The third-order valence-corrected chi connectivity index (χ3v) is 5.60. The predicted octanol–water partition coefficient (Wildman–Crippen LogP) is 5.06. The topological polar surface area (TPSA) is 42.0 Å². The molecule has 3 aromatic rings. The van der Waals surface area contributed by atoms with Crippen LogP contribution in [-0.4, -0.2) is 10.9 Å². The molecule has 3 rings (SSSR count). The first kappa shape index (κ1) is 17.6. The summed E-state index contributed by atoms with van der Waals surface area (Å²) in [5.74, 6) is 0.273. The van der Waals surface area contributed by atoms with Crippen molar-refractivity contribution in [3.05, 3.63) is 76.5 Å². The van der Waals surface area contributed by atoms with E-state index in [4.69, 9.17) is 0 Å². The second kappa shape index (κ2) is 8.27. The zero-order valence-corrected chi connectivity index (χ0v) is 15.3. The zero-order chi connectivity index (χ0) is 17.6. The summed E-state index contributed by atoms with van der Waals surface area (Å²) in [6.45, 7) is 2.07. The van der Waals surface area contributed by atoms with Crippen molar-refractivity contribution in [3.63, 3.8) is 0 Å². The fourth-order valence-corrected chi connectivity index (χ4v) is 4.00. The van der Waals surface area contributed by atoms with Crippen molar-refractivity contribution in [3.8, 4) is 0 Å². The van der Waals surface area contributed by atoms with Crippen molar-refractivity contribution in [2.75, 3.05) is 5.32 Å². The first-order chi connectivity index (χ1) is 12.1. The third kappa shape index (κ3) is 5.41. The molecule has 0 atom stereocenters. The summed E-state index contributed by atoms with van der Waals surface area (Å²) < 4.78 is 14.1. The number of rotatable bonds is 6. The van der Waals surface area contributed by atoms with E-state index in [1.165, 1.54) is 34.6 Å². The van der Waals surface area contributed by atoms with Crippen LogP contribution in [0.1, 0.15) is 16.8 Å². The van der Waals surface area contributed by atoms with Crippen molar-refractivity contribution >= 4 is 34.7 Å². The molecule has 0 aliphatic rings. The number of carbonyl (C=O) groups is 1. The number of aryl methyl sites for hydroxylation is 1. The highest BCUT2D eigenvalue weighted by Crippen LogP contribution is 2.26. The number of thioether (sulfide) groups is 1. The Bertz CT molecular complexity index is 862. The number of anilines is 1. The Morgan fingerprint density at radius 3 is 2.80 bits per heavy atom. The summed E-state index contributed by atoms with van der Waals surface area (Å²) in [6.07, 6.45) is 0.179. The van der Waals surface area contributed by atoms with Crippen LogP contribution >= 0.6 is 23.1 Å². The van der Waals surface area contributed by atoms with Gasteiger partial charge in [-0.25, -0.2) is 9.37 Å². The maximum atomic E-state index is 13.1. The minimum absolute atomic E-state index is 0.179. The average molecular weight is 372 g/mol. The number of hydrogen-bond donors (Lipinski definition) is 1. The van der Waals surface area contributed by atoms with Crippen LogP contribution in [0, 0.1) is 12.7 Å². The fraction of sp³-hybridized carbons (Fsp3) is 0.158. The van der Waals surface area contributed by atoms with E-state index in [9.17, 15) is 9.18 Å². The van der Waals surface area contributed by atoms with Crippen molar-refractivity contribution in [2.45, 2.75) is 23.4 Å². The molecule has 0 aliphatic carbocycles. The number of benzene rings is 2. The van der Waals surface area contributed by atoms with Crippen LogP contribution in [0.15, 0.2) is 58.3 Å². The number of amides is 1. The smallest absolute Gasteiger partial charge is 0.230 e. The summed E-state index contributed by atoms with van der Waals surface area (Å²) in [5.41, 5.74) is 3.67. The second-order valence-electron chi connectivity index (χ2n) is 5.61. The third-order valence-electron chi connectivity index (χ3n) is 3.46. The van der Waals surface area contributed by atoms with Gasteiger partial charge in [0, 0.05) is 16.8 Å². The van der Waals surface area contributed by atoms with Gasteiger partial charge in [0.1, 0.15) is 10.2 Å². The lowest BCUT2D eigenvalue weighted by molar-refractivity contribution is -0.115. The standard InChI is InChI=1S/C19H17FN2OS2/c1-13-5-7-14(8-6-13)11-24-19-22-17(12-25-19)10-18(23)21-16-4-2-3-15(20)9-16/h2-9,12H,10-11H2,1H3,(H,21,23). The van der Waals surface area contributed by atoms with Gasteiger partial charge in [-0.1, -0.05) is 47.7 Å². The molecule has 0 radical (unpaired) electrons. The van der Waals surface area contributed by atoms with E-state index < -0.39 is 0 Å². The monoisotopic (exact) mass is 372 g/mol. The molecule has 1 amide bonds. The van der Waals surface area contributed by atoms with Crippen LogP contribution in [0.25, 0.3) is 0 Å². The molecular formula is C19H17FN2OS2. The molecule has 2 aromatic carbocycles. The Morgan fingerprint density at radius 1 is 1.24 bits per heavy atom. The molecule has 0 saturated heterocycles. The van der Waals surface area contributed by atoms with Crippen LogP contribution in [0.2, 0.25) is 0 Å². The molecular weight excluding hydrogens is 355 g/mol. The Hall–Kier alpha value is -2.18. The summed E-state index contributed by atoms with van der Waals surface area (Å²) in [5, 5.41) is 4.57. The van der Waals surface area contributed by atoms with Crippen molar-refractivity contribution in [1.82, 2.24) is 4.98 Å². The lowest BCUT2D eigenvalue weighted by atomic mass is 10.2. The lowest BCUT2D eigenvalue weighted by Crippen LogP contribution is -2.14. The Morgan fingerprint density at radius 2 is 2.04 bits per heavy atom. The lowest BCUT2D eigenvalue weighted by Gasteiger charge is -2.03. The number of halogens is 1. The van der Waals surface area contributed by atoms with Gasteiger partial charge < -0.3 is 5.32 Å². The van der Waals surface area contributed by atoms with Gasteiger partial charge in [0.2, 0.25) is 5.91 Å². The Kier molecular flexibility index (Phi) is 5.83. The number of thiazole rings is 1. The number of hydrogen-bond acceptors (Lipinski definition) is 4. The van der Waals surface area contributed by atoms with Crippen molar-refractivity contribution < 1.29 is 9.18 Å². The molecule has 6 heteroatoms. The van der Waals surface area contributed by atoms with Crippen LogP contribution in [0.4, 0.5) is 10.1 Å². The summed E-state index contributed by atoms with van der Waals surface area (Å²) in [4.78, 5) is 16.5. The quantitative estimate of drug-likeness (QED) is 0.615. The van der Waals surface area contributed by atoms with E-state index in [1.807, 2.05) is 5.38 Å². The highest BCUT2D eigenvalue weighted by molar-refractivity contribution is 8.00. The minimum atomic E-state index is -0.374. The van der Waals surface area contributed by atoms with Gasteiger partial charge >= 0.3 is 0 Å². The highest BCUT2D eigenvalue weighted by atomic mass is 32.2. The number of nitrogens with one attached hydrogen (secondary N) is 1. The molecule has 0 fully saturated rings. The Balaban J connectivity index is 1.52. The Labute approximate surface area is 154 Å². The number of nitrogens with zero attached hydrogens (tertiary/aromatic N) is 1. The van der Waals surface area contributed by atoms with Crippen LogP contribution < -0.4 is 5.32 Å². The second-order valence-corrected chi connectivity index (χ2v) is 7.69. The van der Waals surface area contributed by atoms with E-state index in [1.54, 1.807) is 23.9 Å². The first-order valence-corrected chi connectivity index (χ1v) is 9.63. The summed E-state index contributed by atoms with van der Waals surface area (Å²) in [6, 6.07) is 14.3. The van der Waals surface area contributed by atoms with Gasteiger partial charge in [-0.15, -0.1) is 11.3 Å². The molecule has 25 heavy (non-hydrogen) atoms. The first-order valence-electron chi connectivity index (χ1n) is 7.77. The molecule has 3 nitrogen and oxygen atoms in total. The van der Waals surface area contributed by atoms with Gasteiger partial charge in [-0.05, 0) is 30.7 Å². The van der Waals surface area contributed by atoms with Gasteiger partial charge in [-0.2, -0.15) is 0 Å². The van der Waals surface area contributed by atoms with Gasteiger partial charge in [-0.3, -0.25) is 4.79 Å². The molecule has 0 bridgehead atoms. The molecule has 1 heterocycles. The van der Waals surface area contributed by atoms with Crippen LogP contribution in [0.5, 0.6) is 0 Å². The van der Waals surface area contributed by atoms with Crippen LogP contribution in [0.3, 0.4) is 0 Å². The number of aromatic nitrogens is 1. The average Bonchev–Trinajstić information content (AvgIpc) is 3.01. The van der Waals surface area contributed by atoms with Crippen molar-refractivity contribution in [1.29, 1.82) is 0 Å². The largest absolute Gasteiger partial charge is 0.326 e. The van der Waals surface area contributed by atoms with E-state index in [0.29, 0.717) is 5.69 Å². The van der Waals surface area contributed by atoms with Crippen LogP contribution in [-0.2, 0) is 17.0 Å². The van der Waals surface area contributed by atoms with Crippen molar-refractivity contribution in [2.24, 2.45) is 0 Å². The summed E-state index contributed by atoms with van der Waals surface area (Å²) in [7, 11) is 0. The molecule has 1 aromatic heterocycles. The fourth-order valence-electron chi connectivity index (χ4n) is 2.20. The predicted molar refractivity (Wildman–Crippen MR) is 102 cm³/mol. The van der Waals surface area contributed by atoms with Gasteiger partial charge in [0.25, 0.3) is 0 Å². The van der Waals surface area contributed by atoms with Gasteiger partial charge in [0.15, 0.2) is 0 Å². The molecule has 1 N–H and O–H groups in total. The maximum absolute atomic E-state index is 13.1. The maximum Gasteiger partial charge on any atom is 0.230 e. The summed E-state index contributed by atoms with van der Waals surface area (Å²) >= 11 is 3.19. The van der Waals surface area contributed by atoms with E-state index in [2.05, 4.69) is 41.5 Å². The van der Waals surface area contributed by atoms with E-state index in [-0.39, 0.29) is 18.1 Å². The molecule has 0 saturated carbocycles. The molecule has 0 unspecified atom stereocenters. The highest BCUT2D eigenvalue weighted by Gasteiger charge is 2.09.